The summed E-state index contributed by atoms with van der Waals surface area (Å²) in [7, 11) is -1.30. The van der Waals surface area contributed by atoms with E-state index >= 15 is 0 Å². The van der Waals surface area contributed by atoms with Gasteiger partial charge in [0.1, 0.15) is 5.75 Å². The number of aliphatic hydroxyl groups is 1. The molecule has 2 fully saturated rings. The summed E-state index contributed by atoms with van der Waals surface area (Å²) in [4.78, 5) is 41.5. The van der Waals surface area contributed by atoms with Gasteiger partial charge in [0.2, 0.25) is 5.91 Å². The van der Waals surface area contributed by atoms with Gasteiger partial charge in [-0.05, 0) is 80.4 Å². The highest BCUT2D eigenvalue weighted by Gasteiger charge is 2.66. The average molecular weight is 739 g/mol. The largest absolute Gasteiger partial charge is 0.497 e. The summed E-state index contributed by atoms with van der Waals surface area (Å²) < 4.78 is 14.4. The zero-order valence-corrected chi connectivity index (χ0v) is 31.9. The Morgan fingerprint density at radius 1 is 1.15 bits per heavy atom. The Morgan fingerprint density at radius 2 is 1.96 bits per heavy atom. The van der Waals surface area contributed by atoms with Gasteiger partial charge in [-0.1, -0.05) is 54.6 Å². The first-order chi connectivity index (χ1) is 25.5. The van der Waals surface area contributed by atoms with E-state index in [0.29, 0.717) is 36.6 Å². The molecule has 0 saturated carbocycles. The van der Waals surface area contributed by atoms with Crippen molar-refractivity contribution >= 4 is 31.5 Å². The van der Waals surface area contributed by atoms with Gasteiger partial charge in [0.25, 0.3) is 5.91 Å². The number of carbonyl (C=O) groups excluding carboxylic acids is 2. The molecule has 1 spiro atoms. The second-order valence-electron chi connectivity index (χ2n) is 15.2. The van der Waals surface area contributed by atoms with Gasteiger partial charge in [-0.3, -0.25) is 14.3 Å². The van der Waals surface area contributed by atoms with Gasteiger partial charge in [0.15, 0.2) is 13.9 Å². The van der Waals surface area contributed by atoms with E-state index < -0.39 is 20.0 Å². The van der Waals surface area contributed by atoms with Crippen LogP contribution < -0.4 is 20.3 Å². The molecule has 2 saturated heterocycles. The molecule has 13 heteroatoms. The van der Waals surface area contributed by atoms with Crippen molar-refractivity contribution in [2.75, 3.05) is 37.0 Å². The molecule has 2 unspecified atom stereocenters. The van der Waals surface area contributed by atoms with E-state index in [1.54, 1.807) is 16.7 Å². The fraction of sp³-hybridized carbons (Fsp3) is 0.450. The van der Waals surface area contributed by atoms with Gasteiger partial charge < -0.3 is 34.9 Å². The number of nitrogens with one attached hydrogen (secondary N) is 2. The number of benzene rings is 3. The number of hydrogen-bond donors (Lipinski definition) is 4. The van der Waals surface area contributed by atoms with Crippen LogP contribution in [0.2, 0.25) is 18.6 Å². The SMILES string of the molecule is COc1ccc2c(c1)[C@@]1(O[C@H](CCn3cc(C(CO)c4ccccc4)nn3)[C@@H]([Si](C)(C)O)[C@@H]1C)C(=O)N2Cc1cccc(NC(=O)C2CCCNC2)c1. The highest BCUT2D eigenvalue weighted by molar-refractivity contribution is 6.71. The smallest absolute Gasteiger partial charge is 0.264 e. The van der Waals surface area contributed by atoms with Gasteiger partial charge in [0.05, 0.1) is 49.6 Å². The van der Waals surface area contributed by atoms with Crippen LogP contribution >= 0.6 is 0 Å². The molecule has 6 atom stereocenters. The highest BCUT2D eigenvalue weighted by atomic mass is 28.4. The first kappa shape index (κ1) is 36.9. The van der Waals surface area contributed by atoms with E-state index in [1.165, 1.54) is 0 Å². The van der Waals surface area contributed by atoms with Crippen LogP contribution in [0.3, 0.4) is 0 Å². The minimum atomic E-state index is -2.90. The summed E-state index contributed by atoms with van der Waals surface area (Å²) in [5.74, 6) is -0.293. The Morgan fingerprint density at radius 3 is 2.68 bits per heavy atom. The fourth-order valence-electron chi connectivity index (χ4n) is 8.76. The molecule has 3 aromatic carbocycles. The number of ether oxygens (including phenoxy) is 2. The highest BCUT2D eigenvalue weighted by Crippen LogP contribution is 2.60. The molecule has 4 N–H and O–H groups in total. The summed E-state index contributed by atoms with van der Waals surface area (Å²) in [6.07, 6.45) is 3.73. The van der Waals surface area contributed by atoms with Crippen LogP contribution in [0.5, 0.6) is 5.75 Å². The molecule has 2 amide bonds. The third-order valence-corrected chi connectivity index (χ3v) is 13.8. The maximum Gasteiger partial charge on any atom is 0.264 e. The van der Waals surface area contributed by atoms with Crippen molar-refractivity contribution in [2.45, 2.75) is 75.5 Å². The second-order valence-corrected chi connectivity index (χ2v) is 19.2. The van der Waals surface area contributed by atoms with E-state index in [-0.39, 0.29) is 48.3 Å². The van der Waals surface area contributed by atoms with Crippen molar-refractivity contribution in [3.63, 3.8) is 0 Å². The van der Waals surface area contributed by atoms with E-state index in [1.807, 2.05) is 99.0 Å². The molecule has 280 valence electrons. The normalized spacial score (nSPS) is 24.7. The monoisotopic (exact) mass is 738 g/mol. The fourth-order valence-corrected chi connectivity index (χ4v) is 11.4. The Bertz CT molecular complexity index is 1930. The number of methoxy groups -OCH3 is 1. The summed E-state index contributed by atoms with van der Waals surface area (Å²) in [6.45, 7) is 8.08. The maximum absolute atomic E-state index is 15.0. The molecule has 0 bridgehead atoms. The number of aromatic nitrogens is 3. The molecule has 3 aliphatic rings. The molecule has 1 aromatic heterocycles. The minimum absolute atomic E-state index is 0.00410. The number of amides is 2. The average Bonchev–Trinajstić information content (AvgIpc) is 3.82. The van der Waals surface area contributed by atoms with Crippen LogP contribution in [0.25, 0.3) is 0 Å². The molecule has 4 heterocycles. The van der Waals surface area contributed by atoms with Gasteiger partial charge in [-0.15, -0.1) is 5.10 Å². The van der Waals surface area contributed by atoms with Crippen LogP contribution in [-0.2, 0) is 33.0 Å². The Balaban J connectivity index is 1.15. The number of hydrogen-bond acceptors (Lipinski definition) is 9. The molecule has 7 rings (SSSR count). The van der Waals surface area contributed by atoms with Crippen molar-refractivity contribution in [3.05, 3.63) is 101 Å². The van der Waals surface area contributed by atoms with E-state index in [2.05, 4.69) is 20.9 Å². The van der Waals surface area contributed by atoms with Crippen molar-refractivity contribution < 1.29 is 29.0 Å². The number of piperidine rings is 1. The lowest BCUT2D eigenvalue weighted by Gasteiger charge is -2.32. The van der Waals surface area contributed by atoms with E-state index in [9.17, 15) is 19.5 Å². The minimum Gasteiger partial charge on any atom is -0.497 e. The predicted molar refractivity (Wildman–Crippen MR) is 204 cm³/mol. The Labute approximate surface area is 311 Å². The molecular formula is C40H50N6O6Si. The number of fused-ring (bicyclic) bond motifs is 2. The van der Waals surface area contributed by atoms with Crippen LogP contribution in [-0.4, -0.2) is 77.9 Å². The van der Waals surface area contributed by atoms with Crippen molar-refractivity contribution in [1.29, 1.82) is 0 Å². The first-order valence-corrected chi connectivity index (χ1v) is 21.6. The van der Waals surface area contributed by atoms with Crippen molar-refractivity contribution in [2.24, 2.45) is 11.8 Å². The number of aliphatic hydroxyl groups excluding tert-OH is 1. The Hall–Kier alpha value is -4.40. The maximum atomic E-state index is 15.0. The third-order valence-electron chi connectivity index (χ3n) is 11.3. The molecule has 0 aliphatic carbocycles. The summed E-state index contributed by atoms with van der Waals surface area (Å²) >= 11 is 0. The summed E-state index contributed by atoms with van der Waals surface area (Å²) in [6, 6.07) is 23.0. The molecule has 3 aliphatic heterocycles. The number of carbonyl (C=O) groups is 2. The number of anilines is 2. The van der Waals surface area contributed by atoms with Crippen molar-refractivity contribution in [3.8, 4) is 5.75 Å². The lowest BCUT2D eigenvalue weighted by molar-refractivity contribution is -0.146. The van der Waals surface area contributed by atoms with Gasteiger partial charge in [-0.25, -0.2) is 0 Å². The van der Waals surface area contributed by atoms with Crippen LogP contribution in [0.1, 0.15) is 54.5 Å². The number of rotatable bonds is 12. The standard InChI is InChI=1S/C40H50N6O6Si/c1-26-37(53(3,4)50)36(17-19-45-24-34(43-44-45)32(25-47)28-11-6-5-7-12-28)52-40(26)33-21-31(51-2)15-16-35(33)46(39(40)49)23-27-10-8-14-30(20-27)42-38(48)29-13-9-18-41-22-29/h5-8,10-12,14-16,20-21,24,26,29,32,36-37,41,47,50H,9,13,17-19,22-23,25H2,1-4H3,(H,42,48)/t26-,29?,32?,36+,37-,40+/m0/s1. The van der Waals surface area contributed by atoms with E-state index in [4.69, 9.17) is 9.47 Å². The van der Waals surface area contributed by atoms with Gasteiger partial charge >= 0.3 is 0 Å². The Kier molecular flexibility index (Phi) is 10.6. The van der Waals surface area contributed by atoms with Gasteiger partial charge in [0, 0.05) is 42.0 Å². The quantitative estimate of drug-likeness (QED) is 0.151. The number of aryl methyl sites for hydroxylation is 1. The van der Waals surface area contributed by atoms with Gasteiger partial charge in [-0.2, -0.15) is 0 Å². The molecule has 4 aromatic rings. The first-order valence-electron chi connectivity index (χ1n) is 18.6. The number of nitrogens with zero attached hydrogens (tertiary/aromatic N) is 4. The molecule has 53 heavy (non-hydrogen) atoms. The lowest BCUT2D eigenvalue weighted by Crippen LogP contribution is -2.46. The zero-order valence-electron chi connectivity index (χ0n) is 30.9. The van der Waals surface area contributed by atoms with Crippen LogP contribution in [0.15, 0.2) is 79.0 Å². The van der Waals surface area contributed by atoms with Crippen LogP contribution in [0.4, 0.5) is 11.4 Å². The third kappa shape index (κ3) is 7.16. The lowest BCUT2D eigenvalue weighted by atomic mass is 9.82. The molecule has 0 radical (unpaired) electrons. The van der Waals surface area contributed by atoms with Crippen molar-refractivity contribution in [1.82, 2.24) is 20.3 Å². The topological polar surface area (TPSA) is 151 Å². The van der Waals surface area contributed by atoms with Crippen LogP contribution in [0, 0.1) is 11.8 Å². The second kappa shape index (κ2) is 15.1. The predicted octanol–water partition coefficient (Wildman–Crippen LogP) is 4.78. The zero-order chi connectivity index (χ0) is 37.3. The molecular weight excluding hydrogens is 689 g/mol. The van der Waals surface area contributed by atoms with E-state index in [0.717, 1.165) is 41.8 Å². The molecule has 12 nitrogen and oxygen atoms in total. The summed E-state index contributed by atoms with van der Waals surface area (Å²) in [5.41, 5.74) is 3.04. The summed E-state index contributed by atoms with van der Waals surface area (Å²) in [5, 5.41) is 25.3.